The zero-order chi connectivity index (χ0) is 17.9. The van der Waals surface area contributed by atoms with E-state index >= 15 is 0 Å². The second-order valence-electron chi connectivity index (χ2n) is 4.72. The van der Waals surface area contributed by atoms with Gasteiger partial charge in [0.15, 0.2) is 5.85 Å². The lowest BCUT2D eigenvalue weighted by Gasteiger charge is -2.16. The van der Waals surface area contributed by atoms with Crippen LogP contribution in [-0.2, 0) is 4.57 Å². The number of rotatable bonds is 6. The molecule has 1 unspecified atom stereocenters. The van der Waals surface area contributed by atoms with E-state index < -0.39 is 18.4 Å². The molecule has 0 aliphatic rings. The smallest absolute Gasteiger partial charge is 0.358 e. The maximum atomic E-state index is 11.3. The second kappa shape index (κ2) is 7.33. The number of hydrogen-bond donors (Lipinski definition) is 3. The summed E-state index contributed by atoms with van der Waals surface area (Å²) in [7, 11) is -3.35. The molecule has 8 nitrogen and oxygen atoms in total. The summed E-state index contributed by atoms with van der Waals surface area (Å²) in [6.45, 7) is 0. The molecule has 0 saturated heterocycles. The molecule has 0 aliphatic heterocycles. The monoisotopic (exact) mass is 371 g/mol. The van der Waals surface area contributed by atoms with E-state index in [4.69, 9.17) is 4.74 Å². The Bertz CT molecular complexity index is 790. The fourth-order valence-corrected chi connectivity index (χ4v) is 3.51. The van der Waals surface area contributed by atoms with Gasteiger partial charge in [0.2, 0.25) is 0 Å². The van der Waals surface area contributed by atoms with E-state index in [-0.39, 0.29) is 11.3 Å². The Balaban J connectivity index is 2.43. The van der Waals surface area contributed by atoms with Gasteiger partial charge in [-0.3, -0.25) is 14.7 Å². The summed E-state index contributed by atoms with van der Waals surface area (Å²) in [4.78, 5) is 29.6. The average Bonchev–Trinajstić information content (AvgIpc) is 2.54. The van der Waals surface area contributed by atoms with Crippen LogP contribution in [0.2, 0.25) is 0 Å². The molecule has 128 valence electrons. The summed E-state index contributed by atoms with van der Waals surface area (Å²) >= 11 is 1.12. The highest BCUT2D eigenvalue weighted by molar-refractivity contribution is 7.99. The summed E-state index contributed by atoms with van der Waals surface area (Å²) in [6, 6.07) is 10.4. The maximum absolute atomic E-state index is 11.3. The molecule has 0 saturated carbocycles. The fraction of sp³-hybridized carbons (Fsp3) is 0.143. The first-order valence-electron chi connectivity index (χ1n) is 6.56. The Kier molecular flexibility index (Phi) is 5.63. The number of non-ortho nitro benzene ring substituents is 1. The molecule has 2 aromatic rings. The highest BCUT2D eigenvalue weighted by Gasteiger charge is 2.31. The van der Waals surface area contributed by atoms with E-state index in [0.29, 0.717) is 15.5 Å². The minimum atomic E-state index is -4.87. The third kappa shape index (κ3) is 4.34. The van der Waals surface area contributed by atoms with Crippen LogP contribution >= 0.6 is 19.4 Å². The lowest BCUT2D eigenvalue weighted by atomic mass is 10.2. The van der Waals surface area contributed by atoms with E-state index in [1.54, 1.807) is 24.3 Å². The van der Waals surface area contributed by atoms with Gasteiger partial charge in [-0.1, -0.05) is 11.8 Å². The van der Waals surface area contributed by atoms with Crippen molar-refractivity contribution < 1.29 is 29.1 Å². The number of nitro benzene ring substituents is 1. The number of methoxy groups -OCH3 is 1. The van der Waals surface area contributed by atoms with E-state index in [9.17, 15) is 29.6 Å². The van der Waals surface area contributed by atoms with E-state index in [0.717, 1.165) is 17.8 Å². The van der Waals surface area contributed by atoms with Gasteiger partial charge in [-0.2, -0.15) is 0 Å². The molecule has 0 radical (unpaired) electrons. The second-order valence-corrected chi connectivity index (χ2v) is 7.50. The van der Waals surface area contributed by atoms with E-state index in [2.05, 4.69) is 0 Å². The summed E-state index contributed by atoms with van der Waals surface area (Å²) in [5, 5.41) is 20.8. The van der Waals surface area contributed by atoms with Crippen LogP contribution in [-0.4, -0.2) is 26.9 Å². The number of hydrogen-bond acceptors (Lipinski definition) is 6. The Morgan fingerprint density at radius 3 is 2.33 bits per heavy atom. The van der Waals surface area contributed by atoms with Gasteiger partial charge in [-0.15, -0.1) is 0 Å². The highest BCUT2D eigenvalue weighted by atomic mass is 32.2. The molecule has 0 aliphatic carbocycles. The Morgan fingerprint density at radius 2 is 1.83 bits per heavy atom. The van der Waals surface area contributed by atoms with Gasteiger partial charge in [-0.25, -0.2) is 0 Å². The molecule has 24 heavy (non-hydrogen) atoms. The predicted molar refractivity (Wildman–Crippen MR) is 87.2 cm³/mol. The van der Waals surface area contributed by atoms with Gasteiger partial charge in [0, 0.05) is 27.5 Å². The third-order valence-electron chi connectivity index (χ3n) is 3.09. The van der Waals surface area contributed by atoms with Crippen molar-refractivity contribution in [1.82, 2.24) is 0 Å². The van der Waals surface area contributed by atoms with Gasteiger partial charge in [-0.05, 0) is 30.3 Å². The molecule has 0 bridgehead atoms. The summed E-state index contributed by atoms with van der Waals surface area (Å²) in [6.07, 6.45) is 0. The SMILES string of the molecule is COc1ccc(Sc2ccc([N+](=O)[O-])cc2C(O)P(=O)(O)O)cc1. The molecular weight excluding hydrogens is 357 g/mol. The van der Waals surface area contributed by atoms with Crippen molar-refractivity contribution in [2.75, 3.05) is 7.11 Å². The first-order valence-corrected chi connectivity index (χ1v) is 9.05. The van der Waals surface area contributed by atoms with Crippen LogP contribution in [0.1, 0.15) is 11.4 Å². The van der Waals surface area contributed by atoms with Crippen molar-refractivity contribution in [1.29, 1.82) is 0 Å². The van der Waals surface area contributed by atoms with Gasteiger partial charge in [0.25, 0.3) is 5.69 Å². The molecule has 0 fully saturated rings. The zero-order valence-electron chi connectivity index (χ0n) is 12.4. The van der Waals surface area contributed by atoms with Crippen molar-refractivity contribution in [3.8, 4) is 5.75 Å². The summed E-state index contributed by atoms with van der Waals surface area (Å²) in [5.74, 6) is -1.50. The first-order chi connectivity index (χ1) is 11.2. The Hall–Kier alpha value is -1.90. The molecule has 2 rings (SSSR count). The van der Waals surface area contributed by atoms with Crippen LogP contribution in [0.5, 0.6) is 5.75 Å². The van der Waals surface area contributed by atoms with Crippen LogP contribution in [0.15, 0.2) is 52.3 Å². The van der Waals surface area contributed by atoms with Crippen molar-refractivity contribution in [3.05, 3.63) is 58.1 Å². The van der Waals surface area contributed by atoms with Crippen molar-refractivity contribution in [2.45, 2.75) is 15.6 Å². The quantitative estimate of drug-likeness (QED) is 0.401. The minimum absolute atomic E-state index is 0.196. The van der Waals surface area contributed by atoms with Crippen LogP contribution in [0, 0.1) is 10.1 Å². The molecule has 1 atom stereocenters. The van der Waals surface area contributed by atoms with Crippen LogP contribution in [0.3, 0.4) is 0 Å². The molecule has 0 aromatic heterocycles. The van der Waals surface area contributed by atoms with Gasteiger partial charge in [0.05, 0.1) is 12.0 Å². The molecule has 3 N–H and O–H groups in total. The molecule has 10 heteroatoms. The largest absolute Gasteiger partial charge is 0.497 e. The van der Waals surface area contributed by atoms with Gasteiger partial charge >= 0.3 is 7.60 Å². The number of ether oxygens (including phenoxy) is 1. The fourth-order valence-electron chi connectivity index (χ4n) is 1.90. The van der Waals surface area contributed by atoms with Crippen LogP contribution in [0.4, 0.5) is 5.69 Å². The first kappa shape index (κ1) is 18.4. The average molecular weight is 371 g/mol. The third-order valence-corrected chi connectivity index (χ3v) is 5.10. The predicted octanol–water partition coefficient (Wildman–Crippen LogP) is 2.92. The molecule has 0 spiro atoms. The standard InChI is InChI=1S/C14H14NO7PS/c1-22-10-3-5-11(6-4-10)24-13-7-2-9(15(17)18)8-12(13)14(16)23(19,20)21/h2-8,14,16H,1H3,(H2,19,20,21). The summed E-state index contributed by atoms with van der Waals surface area (Å²) in [5.41, 5.74) is -0.560. The lowest BCUT2D eigenvalue weighted by molar-refractivity contribution is -0.385. The lowest BCUT2D eigenvalue weighted by Crippen LogP contribution is -2.02. The van der Waals surface area contributed by atoms with Crippen molar-refractivity contribution in [2.24, 2.45) is 0 Å². The number of nitro groups is 1. The van der Waals surface area contributed by atoms with Crippen molar-refractivity contribution in [3.63, 3.8) is 0 Å². The van der Waals surface area contributed by atoms with E-state index in [1.807, 2.05) is 0 Å². The minimum Gasteiger partial charge on any atom is -0.497 e. The normalized spacial score (nSPS) is 12.7. The Labute approximate surface area is 141 Å². The van der Waals surface area contributed by atoms with E-state index in [1.165, 1.54) is 19.2 Å². The van der Waals surface area contributed by atoms with Crippen molar-refractivity contribution >= 4 is 25.0 Å². The highest BCUT2D eigenvalue weighted by Crippen LogP contribution is 2.52. The number of benzene rings is 2. The topological polar surface area (TPSA) is 130 Å². The van der Waals surface area contributed by atoms with Gasteiger partial charge < -0.3 is 19.6 Å². The molecular formula is C14H14NO7PS. The van der Waals surface area contributed by atoms with Gasteiger partial charge in [0.1, 0.15) is 5.75 Å². The maximum Gasteiger partial charge on any atom is 0.358 e. The molecule has 0 amide bonds. The zero-order valence-corrected chi connectivity index (χ0v) is 14.1. The number of aliphatic hydroxyl groups is 1. The number of nitrogens with zero attached hydrogens (tertiary/aromatic N) is 1. The Morgan fingerprint density at radius 1 is 1.21 bits per heavy atom. The summed E-state index contributed by atoms with van der Waals surface area (Å²) < 4.78 is 16.4. The molecule has 0 heterocycles. The van der Waals surface area contributed by atoms with Crippen LogP contribution in [0.25, 0.3) is 0 Å². The molecule has 2 aromatic carbocycles. The van der Waals surface area contributed by atoms with Crippen LogP contribution < -0.4 is 4.74 Å². The number of aliphatic hydroxyl groups excluding tert-OH is 1.